The van der Waals surface area contributed by atoms with Crippen LogP contribution in [0.3, 0.4) is 0 Å². The van der Waals surface area contributed by atoms with Crippen molar-refractivity contribution in [1.82, 2.24) is 4.90 Å². The van der Waals surface area contributed by atoms with Gasteiger partial charge in [-0.1, -0.05) is 0 Å². The highest BCUT2D eigenvalue weighted by Gasteiger charge is 2.30. The number of carbonyl (C=O) groups is 1. The molecule has 4 nitrogen and oxygen atoms in total. The first-order chi connectivity index (χ1) is 9.05. The highest BCUT2D eigenvalue weighted by atomic mass is 16.5. The predicted molar refractivity (Wildman–Crippen MR) is 74.6 cm³/mol. The maximum atomic E-state index is 12.5. The zero-order valence-electron chi connectivity index (χ0n) is 11.5. The fourth-order valence-electron chi connectivity index (χ4n) is 2.81. The number of nitrogens with zero attached hydrogens (tertiary/aromatic N) is 1. The average molecular weight is 260 g/mol. The topological polar surface area (TPSA) is 41.6 Å². The molecule has 102 valence electrons. The molecular formula is C15H20N2O2. The molecular weight excluding hydrogens is 240 g/mol. The van der Waals surface area contributed by atoms with Crippen molar-refractivity contribution in [3.05, 3.63) is 29.3 Å². The minimum Gasteiger partial charge on any atom is -0.384 e. The zero-order valence-corrected chi connectivity index (χ0v) is 11.5. The van der Waals surface area contributed by atoms with Gasteiger partial charge in [0.25, 0.3) is 5.91 Å². The summed E-state index contributed by atoms with van der Waals surface area (Å²) in [5.41, 5.74) is 2.96. The lowest BCUT2D eigenvalue weighted by Gasteiger charge is -2.38. The second-order valence-electron chi connectivity index (χ2n) is 5.88. The number of rotatable bonds is 1. The molecule has 0 aliphatic carbocycles. The molecule has 2 aliphatic rings. The monoisotopic (exact) mass is 260 g/mol. The van der Waals surface area contributed by atoms with Crippen molar-refractivity contribution in [2.75, 3.05) is 31.6 Å². The van der Waals surface area contributed by atoms with Gasteiger partial charge in [-0.3, -0.25) is 4.79 Å². The van der Waals surface area contributed by atoms with Gasteiger partial charge in [0.05, 0.1) is 12.2 Å². The first-order valence-electron chi connectivity index (χ1n) is 6.85. The summed E-state index contributed by atoms with van der Waals surface area (Å²) in [6.07, 6.45) is 1.01. The normalized spacial score (nSPS) is 20.8. The molecule has 1 aromatic carbocycles. The maximum absolute atomic E-state index is 12.5. The molecule has 0 spiro atoms. The Hall–Kier alpha value is -1.55. The highest BCUT2D eigenvalue weighted by molar-refractivity contribution is 5.95. The number of anilines is 1. The summed E-state index contributed by atoms with van der Waals surface area (Å²) in [6.45, 7) is 6.97. The van der Waals surface area contributed by atoms with Crippen molar-refractivity contribution in [3.63, 3.8) is 0 Å². The van der Waals surface area contributed by atoms with Crippen molar-refractivity contribution in [1.29, 1.82) is 0 Å². The van der Waals surface area contributed by atoms with E-state index < -0.39 is 0 Å². The molecule has 4 heteroatoms. The molecule has 1 N–H and O–H groups in total. The van der Waals surface area contributed by atoms with Gasteiger partial charge in [0.1, 0.15) is 0 Å². The van der Waals surface area contributed by atoms with E-state index in [2.05, 4.69) is 5.32 Å². The second kappa shape index (κ2) is 4.53. The van der Waals surface area contributed by atoms with Gasteiger partial charge in [-0.25, -0.2) is 0 Å². The van der Waals surface area contributed by atoms with Gasteiger partial charge in [-0.15, -0.1) is 0 Å². The van der Waals surface area contributed by atoms with E-state index in [9.17, 15) is 4.79 Å². The molecule has 0 aromatic heterocycles. The Morgan fingerprint density at radius 1 is 1.42 bits per heavy atom. The van der Waals surface area contributed by atoms with Gasteiger partial charge in [-0.2, -0.15) is 0 Å². The minimum absolute atomic E-state index is 0.117. The summed E-state index contributed by atoms with van der Waals surface area (Å²) in [6, 6.07) is 5.96. The van der Waals surface area contributed by atoms with E-state index in [1.807, 2.05) is 36.9 Å². The van der Waals surface area contributed by atoms with E-state index >= 15 is 0 Å². The van der Waals surface area contributed by atoms with Crippen LogP contribution >= 0.6 is 0 Å². The van der Waals surface area contributed by atoms with E-state index in [0.717, 1.165) is 18.5 Å². The lowest BCUT2D eigenvalue weighted by molar-refractivity contribution is -0.0764. The molecule has 1 fully saturated rings. The quantitative estimate of drug-likeness (QED) is 0.838. The molecule has 1 aromatic rings. The van der Waals surface area contributed by atoms with Crippen LogP contribution in [0.15, 0.2) is 18.2 Å². The first-order valence-corrected chi connectivity index (χ1v) is 6.85. The lowest BCUT2D eigenvalue weighted by Crippen LogP contribution is -2.50. The van der Waals surface area contributed by atoms with Gasteiger partial charge in [-0.05, 0) is 44.0 Å². The minimum atomic E-state index is -0.244. The Labute approximate surface area is 113 Å². The van der Waals surface area contributed by atoms with Crippen molar-refractivity contribution in [2.24, 2.45) is 0 Å². The molecule has 0 atom stereocenters. The van der Waals surface area contributed by atoms with E-state index in [1.54, 1.807) is 0 Å². The van der Waals surface area contributed by atoms with Gasteiger partial charge in [0.2, 0.25) is 0 Å². The second-order valence-corrected chi connectivity index (χ2v) is 5.88. The molecule has 1 saturated heterocycles. The van der Waals surface area contributed by atoms with E-state index in [-0.39, 0.29) is 11.5 Å². The zero-order chi connectivity index (χ0) is 13.5. The Morgan fingerprint density at radius 3 is 3.05 bits per heavy atom. The van der Waals surface area contributed by atoms with Crippen LogP contribution in [0.2, 0.25) is 0 Å². The van der Waals surface area contributed by atoms with Crippen LogP contribution in [0.5, 0.6) is 0 Å². The van der Waals surface area contributed by atoms with Crippen molar-refractivity contribution in [2.45, 2.75) is 25.9 Å². The number of hydrogen-bond acceptors (Lipinski definition) is 3. The fraction of sp³-hybridized carbons (Fsp3) is 0.533. The number of morpholine rings is 1. The molecule has 2 aliphatic heterocycles. The number of carbonyl (C=O) groups excluding carboxylic acids is 1. The Balaban J connectivity index is 1.80. The lowest BCUT2D eigenvalue weighted by atomic mass is 10.0. The third kappa shape index (κ3) is 2.45. The van der Waals surface area contributed by atoms with Crippen LogP contribution in [0.1, 0.15) is 29.8 Å². The van der Waals surface area contributed by atoms with Gasteiger partial charge >= 0.3 is 0 Å². The van der Waals surface area contributed by atoms with E-state index in [4.69, 9.17) is 4.74 Å². The molecule has 0 radical (unpaired) electrons. The van der Waals surface area contributed by atoms with Gasteiger partial charge in [0.15, 0.2) is 0 Å². The molecule has 0 unspecified atom stereocenters. The highest BCUT2D eigenvalue weighted by Crippen LogP contribution is 2.25. The molecule has 0 bridgehead atoms. The number of fused-ring (bicyclic) bond motifs is 1. The van der Waals surface area contributed by atoms with Crippen LogP contribution in [-0.2, 0) is 11.2 Å². The van der Waals surface area contributed by atoms with Crippen LogP contribution in [0.25, 0.3) is 0 Å². The number of nitrogens with one attached hydrogen (secondary N) is 1. The molecule has 2 heterocycles. The summed E-state index contributed by atoms with van der Waals surface area (Å²) in [4.78, 5) is 14.4. The van der Waals surface area contributed by atoms with E-state index in [0.29, 0.717) is 19.7 Å². The SMILES string of the molecule is CC1(C)CN(C(=O)c2ccc3c(c2)CCN3)CCO1. The standard InChI is InChI=1S/C15H20N2O2/c1-15(2)10-17(7-8-19-15)14(18)12-3-4-13-11(9-12)5-6-16-13/h3-4,9,16H,5-8,10H2,1-2H3. The van der Waals surface area contributed by atoms with Crippen LogP contribution in [0, 0.1) is 0 Å². The Morgan fingerprint density at radius 2 is 2.26 bits per heavy atom. The number of ether oxygens (including phenoxy) is 1. The maximum Gasteiger partial charge on any atom is 0.254 e. The largest absolute Gasteiger partial charge is 0.384 e. The summed E-state index contributed by atoms with van der Waals surface area (Å²) >= 11 is 0. The van der Waals surface area contributed by atoms with Crippen LogP contribution in [-0.4, -0.2) is 42.6 Å². The molecule has 1 amide bonds. The molecule has 19 heavy (non-hydrogen) atoms. The third-order valence-corrected chi connectivity index (χ3v) is 3.77. The van der Waals surface area contributed by atoms with Crippen molar-refractivity contribution < 1.29 is 9.53 Å². The predicted octanol–water partition coefficient (Wildman–Crippen LogP) is 1.91. The fourth-order valence-corrected chi connectivity index (χ4v) is 2.81. The summed E-state index contributed by atoms with van der Waals surface area (Å²) in [5, 5.41) is 3.31. The van der Waals surface area contributed by atoms with Crippen molar-refractivity contribution in [3.8, 4) is 0 Å². The third-order valence-electron chi connectivity index (χ3n) is 3.77. The summed E-state index contributed by atoms with van der Waals surface area (Å²) in [7, 11) is 0. The van der Waals surface area contributed by atoms with Gasteiger partial charge in [0, 0.05) is 30.9 Å². The summed E-state index contributed by atoms with van der Waals surface area (Å²) < 4.78 is 5.65. The van der Waals surface area contributed by atoms with E-state index in [1.165, 1.54) is 11.3 Å². The number of hydrogen-bond donors (Lipinski definition) is 1. The molecule has 0 saturated carbocycles. The van der Waals surface area contributed by atoms with Crippen molar-refractivity contribution >= 4 is 11.6 Å². The molecule has 3 rings (SSSR count). The van der Waals surface area contributed by atoms with Crippen LogP contribution < -0.4 is 5.32 Å². The average Bonchev–Trinajstić information content (AvgIpc) is 2.83. The Kier molecular flexibility index (Phi) is 2.97. The van der Waals surface area contributed by atoms with Crippen LogP contribution in [0.4, 0.5) is 5.69 Å². The Bertz CT molecular complexity index is 511. The first kappa shape index (κ1) is 12.5. The number of amides is 1. The van der Waals surface area contributed by atoms with Gasteiger partial charge < -0.3 is 15.0 Å². The summed E-state index contributed by atoms with van der Waals surface area (Å²) in [5.74, 6) is 0.117. The number of benzene rings is 1. The smallest absolute Gasteiger partial charge is 0.254 e.